The lowest BCUT2D eigenvalue weighted by molar-refractivity contribution is -0.124. The second kappa shape index (κ2) is 7.70. The summed E-state index contributed by atoms with van der Waals surface area (Å²) in [5.41, 5.74) is 2.31. The third-order valence-corrected chi connectivity index (χ3v) is 4.68. The predicted molar refractivity (Wildman–Crippen MR) is 96.4 cm³/mol. The third-order valence-electron chi connectivity index (χ3n) is 4.68. The number of carbonyl (C=O) groups excluding carboxylic acids is 1. The van der Waals surface area contributed by atoms with E-state index in [-0.39, 0.29) is 18.0 Å². The van der Waals surface area contributed by atoms with Gasteiger partial charge in [0.1, 0.15) is 5.75 Å². The number of rotatable bonds is 6. The number of benzene rings is 1. The number of nitrogens with one attached hydrogen (secondary N) is 2. The summed E-state index contributed by atoms with van der Waals surface area (Å²) < 4.78 is 6.98. The second-order valence-electron chi connectivity index (χ2n) is 6.76. The molecule has 1 fully saturated rings. The molecule has 0 radical (unpaired) electrons. The van der Waals surface area contributed by atoms with Crippen LogP contribution in [0.15, 0.2) is 36.7 Å². The molecule has 0 saturated carbocycles. The smallest absolute Gasteiger partial charge is 0.220 e. The van der Waals surface area contributed by atoms with Crippen LogP contribution in [0, 0.1) is 0 Å². The Morgan fingerprint density at radius 2 is 2.16 bits per heavy atom. The molecular formula is C19H26N4O2. The molecule has 134 valence electrons. The first-order valence-electron chi connectivity index (χ1n) is 8.72. The summed E-state index contributed by atoms with van der Waals surface area (Å²) in [5.74, 6) is 0.978. The quantitative estimate of drug-likeness (QED) is 0.842. The number of aryl methyl sites for hydroxylation is 1. The summed E-state index contributed by atoms with van der Waals surface area (Å²) in [5, 5.41) is 11.0. The van der Waals surface area contributed by atoms with Crippen LogP contribution in [0.4, 0.5) is 0 Å². The van der Waals surface area contributed by atoms with Crippen molar-refractivity contribution in [3.63, 3.8) is 0 Å². The molecule has 1 saturated heterocycles. The zero-order chi connectivity index (χ0) is 17.8. The average Bonchev–Trinajstić information content (AvgIpc) is 3.03. The number of ether oxygens (including phenoxy) is 1. The maximum Gasteiger partial charge on any atom is 0.220 e. The number of nitrogens with zero attached hydrogens (tertiary/aromatic N) is 2. The van der Waals surface area contributed by atoms with E-state index in [0.717, 1.165) is 24.2 Å². The molecule has 0 unspecified atom stereocenters. The van der Waals surface area contributed by atoms with E-state index in [1.54, 1.807) is 11.8 Å². The summed E-state index contributed by atoms with van der Waals surface area (Å²) in [4.78, 5) is 11.9. The van der Waals surface area contributed by atoms with Crippen LogP contribution in [-0.2, 0) is 18.3 Å². The van der Waals surface area contributed by atoms with Crippen molar-refractivity contribution in [1.29, 1.82) is 0 Å². The van der Waals surface area contributed by atoms with Crippen molar-refractivity contribution in [3.8, 4) is 5.75 Å². The van der Waals surface area contributed by atoms with Gasteiger partial charge in [0.25, 0.3) is 0 Å². The maximum absolute atomic E-state index is 11.9. The van der Waals surface area contributed by atoms with Gasteiger partial charge in [-0.1, -0.05) is 12.1 Å². The lowest BCUT2D eigenvalue weighted by atomic mass is 9.92. The van der Waals surface area contributed by atoms with E-state index in [1.165, 1.54) is 5.56 Å². The normalized spacial score (nSPS) is 21.6. The van der Waals surface area contributed by atoms with Gasteiger partial charge in [-0.05, 0) is 37.5 Å². The van der Waals surface area contributed by atoms with E-state index >= 15 is 0 Å². The van der Waals surface area contributed by atoms with Crippen molar-refractivity contribution in [2.24, 2.45) is 7.05 Å². The van der Waals surface area contributed by atoms with Crippen LogP contribution in [0.2, 0.25) is 0 Å². The van der Waals surface area contributed by atoms with E-state index in [9.17, 15) is 4.79 Å². The van der Waals surface area contributed by atoms with Gasteiger partial charge in [-0.15, -0.1) is 0 Å². The molecule has 1 aliphatic heterocycles. The minimum absolute atomic E-state index is 0.0340. The topological polar surface area (TPSA) is 68.2 Å². The summed E-state index contributed by atoms with van der Waals surface area (Å²) in [6.07, 6.45) is 6.12. The Kier molecular flexibility index (Phi) is 5.38. The van der Waals surface area contributed by atoms with Crippen molar-refractivity contribution in [1.82, 2.24) is 20.4 Å². The van der Waals surface area contributed by atoms with Gasteiger partial charge in [-0.3, -0.25) is 9.48 Å². The van der Waals surface area contributed by atoms with Crippen molar-refractivity contribution < 1.29 is 9.53 Å². The molecule has 1 aliphatic rings. The Balaban J connectivity index is 1.65. The number of carbonyl (C=O) groups is 1. The largest absolute Gasteiger partial charge is 0.497 e. The summed E-state index contributed by atoms with van der Waals surface area (Å²) in [6.45, 7) is 2.18. The molecule has 2 aromatic rings. The molecule has 3 atom stereocenters. The maximum atomic E-state index is 11.9. The Morgan fingerprint density at radius 1 is 1.40 bits per heavy atom. The van der Waals surface area contributed by atoms with Gasteiger partial charge < -0.3 is 15.4 Å². The molecule has 6 nitrogen and oxygen atoms in total. The Morgan fingerprint density at radius 3 is 2.80 bits per heavy atom. The molecule has 25 heavy (non-hydrogen) atoms. The van der Waals surface area contributed by atoms with Crippen molar-refractivity contribution in [3.05, 3.63) is 47.8 Å². The highest BCUT2D eigenvalue weighted by atomic mass is 16.5. The van der Waals surface area contributed by atoms with Crippen LogP contribution in [0.5, 0.6) is 5.75 Å². The van der Waals surface area contributed by atoms with Crippen molar-refractivity contribution >= 4 is 5.91 Å². The van der Waals surface area contributed by atoms with E-state index in [0.29, 0.717) is 12.5 Å². The summed E-state index contributed by atoms with van der Waals surface area (Å²) in [6, 6.07) is 8.63. The van der Waals surface area contributed by atoms with Crippen LogP contribution in [-0.4, -0.2) is 34.9 Å². The fourth-order valence-electron chi connectivity index (χ4n) is 3.43. The SMILES string of the molecule is COc1ccc(C[C@H](C)N[C@@H]2CCC(=O)N[C@H]2c2cnn(C)c2)cc1. The fraction of sp³-hybridized carbons (Fsp3) is 0.474. The van der Waals surface area contributed by atoms with Crippen LogP contribution < -0.4 is 15.4 Å². The first kappa shape index (κ1) is 17.5. The first-order chi connectivity index (χ1) is 12.0. The Hall–Kier alpha value is -2.34. The van der Waals surface area contributed by atoms with Gasteiger partial charge in [0, 0.05) is 37.3 Å². The van der Waals surface area contributed by atoms with Crippen LogP contribution in [0.1, 0.15) is 36.9 Å². The van der Waals surface area contributed by atoms with Gasteiger partial charge in [0.05, 0.1) is 19.3 Å². The van der Waals surface area contributed by atoms with Crippen molar-refractivity contribution in [2.45, 2.75) is 44.3 Å². The number of hydrogen-bond acceptors (Lipinski definition) is 4. The first-order valence-corrected chi connectivity index (χ1v) is 8.72. The van der Waals surface area contributed by atoms with Gasteiger partial charge in [-0.2, -0.15) is 5.10 Å². The molecule has 3 rings (SSSR count). The Labute approximate surface area is 148 Å². The molecule has 1 aromatic heterocycles. The minimum atomic E-state index is -0.0340. The third kappa shape index (κ3) is 4.39. The predicted octanol–water partition coefficient (Wildman–Crippen LogP) is 1.97. The standard InChI is InChI=1S/C19H26N4O2/c1-13(10-14-4-6-16(25-3)7-5-14)21-17-8-9-18(24)22-19(17)15-11-20-23(2)12-15/h4-7,11-13,17,19,21H,8-10H2,1-3H3,(H,22,24)/t13-,17+,19-/m0/s1. The van der Waals surface area contributed by atoms with Gasteiger partial charge >= 0.3 is 0 Å². The molecule has 2 N–H and O–H groups in total. The zero-order valence-electron chi connectivity index (χ0n) is 15.0. The molecule has 1 aromatic carbocycles. The number of hydrogen-bond donors (Lipinski definition) is 2. The highest BCUT2D eigenvalue weighted by Crippen LogP contribution is 2.24. The number of methoxy groups -OCH3 is 1. The minimum Gasteiger partial charge on any atom is -0.497 e. The number of piperidine rings is 1. The zero-order valence-corrected chi connectivity index (χ0v) is 15.0. The molecule has 0 spiro atoms. The molecular weight excluding hydrogens is 316 g/mol. The molecule has 0 aliphatic carbocycles. The van der Waals surface area contributed by atoms with Gasteiger partial charge in [0.15, 0.2) is 0 Å². The lowest BCUT2D eigenvalue weighted by Gasteiger charge is -2.34. The van der Waals surface area contributed by atoms with E-state index in [1.807, 2.05) is 31.6 Å². The summed E-state index contributed by atoms with van der Waals surface area (Å²) >= 11 is 0. The fourth-order valence-corrected chi connectivity index (χ4v) is 3.43. The van der Waals surface area contributed by atoms with Crippen molar-refractivity contribution in [2.75, 3.05) is 7.11 Å². The monoisotopic (exact) mass is 342 g/mol. The average molecular weight is 342 g/mol. The molecule has 0 bridgehead atoms. The summed E-state index contributed by atoms with van der Waals surface area (Å²) in [7, 11) is 3.57. The highest BCUT2D eigenvalue weighted by Gasteiger charge is 2.31. The lowest BCUT2D eigenvalue weighted by Crippen LogP contribution is -2.51. The molecule has 1 amide bonds. The number of amides is 1. The van der Waals surface area contributed by atoms with E-state index in [4.69, 9.17) is 4.74 Å². The Bertz CT molecular complexity index is 710. The van der Waals surface area contributed by atoms with Crippen LogP contribution >= 0.6 is 0 Å². The van der Waals surface area contributed by atoms with Gasteiger partial charge in [0.2, 0.25) is 5.91 Å². The van der Waals surface area contributed by atoms with Crippen LogP contribution in [0.3, 0.4) is 0 Å². The van der Waals surface area contributed by atoms with E-state index < -0.39 is 0 Å². The highest BCUT2D eigenvalue weighted by molar-refractivity contribution is 5.77. The molecule has 6 heteroatoms. The van der Waals surface area contributed by atoms with Gasteiger partial charge in [-0.25, -0.2) is 0 Å². The molecule has 2 heterocycles. The van der Waals surface area contributed by atoms with E-state index in [2.05, 4.69) is 34.8 Å². The number of aromatic nitrogens is 2. The van der Waals surface area contributed by atoms with Crippen LogP contribution in [0.25, 0.3) is 0 Å². The second-order valence-corrected chi connectivity index (χ2v) is 6.76.